The van der Waals surface area contributed by atoms with E-state index >= 15 is 0 Å². The summed E-state index contributed by atoms with van der Waals surface area (Å²) in [4.78, 5) is 12.7. The summed E-state index contributed by atoms with van der Waals surface area (Å²) in [5.74, 6) is 0.999. The minimum absolute atomic E-state index is 0. The molecule has 1 aliphatic rings. The highest BCUT2D eigenvalue weighted by Crippen LogP contribution is 2.32. The van der Waals surface area contributed by atoms with Crippen LogP contribution in [0.2, 0.25) is 5.02 Å². The van der Waals surface area contributed by atoms with Gasteiger partial charge in [-0.25, -0.2) is 0 Å². The lowest BCUT2D eigenvalue weighted by Crippen LogP contribution is -2.42. The van der Waals surface area contributed by atoms with Crippen molar-refractivity contribution in [3.8, 4) is 0 Å². The quantitative estimate of drug-likeness (QED) is 0.792. The zero-order valence-electron chi connectivity index (χ0n) is 10.5. The van der Waals surface area contributed by atoms with E-state index in [0.29, 0.717) is 23.2 Å². The molecule has 0 spiro atoms. The molecule has 1 aliphatic carbocycles. The molecule has 0 heterocycles. The number of rotatable bonds is 6. The Hall–Kier alpha value is -0.420. The number of hydrogen-bond donors (Lipinski definition) is 2. The van der Waals surface area contributed by atoms with Gasteiger partial charge in [0.15, 0.2) is 0 Å². The second-order valence-corrected chi connectivity index (χ2v) is 5.89. The predicted octanol–water partition coefficient (Wildman–Crippen LogP) is 2.71. The smallest absolute Gasteiger partial charge is 0.230 e. The van der Waals surface area contributed by atoms with E-state index in [-0.39, 0.29) is 24.4 Å². The number of carbonyl (C=O) groups excluding carboxylic acids is 1. The average molecular weight is 321 g/mol. The van der Waals surface area contributed by atoms with Crippen molar-refractivity contribution in [1.29, 1.82) is 0 Å². The molecule has 1 fully saturated rings. The Bertz CT molecular complexity index is 427. The molecule has 0 radical (unpaired) electrons. The second-order valence-electron chi connectivity index (χ2n) is 4.47. The maximum Gasteiger partial charge on any atom is 0.230 e. The van der Waals surface area contributed by atoms with Crippen LogP contribution in [0.5, 0.6) is 0 Å². The molecule has 19 heavy (non-hydrogen) atoms. The maximum absolute atomic E-state index is 11.8. The van der Waals surface area contributed by atoms with Crippen LogP contribution >= 0.6 is 35.8 Å². The van der Waals surface area contributed by atoms with Crippen LogP contribution in [-0.4, -0.2) is 24.2 Å². The van der Waals surface area contributed by atoms with Crippen molar-refractivity contribution in [2.45, 2.75) is 23.8 Å². The Balaban J connectivity index is 0.00000180. The second kappa shape index (κ2) is 8.00. The van der Waals surface area contributed by atoms with Gasteiger partial charge in [0.05, 0.1) is 10.8 Å². The molecular weight excluding hydrogens is 303 g/mol. The summed E-state index contributed by atoms with van der Waals surface area (Å²) in [7, 11) is 0. The van der Waals surface area contributed by atoms with Gasteiger partial charge in [-0.15, -0.1) is 24.2 Å². The largest absolute Gasteiger partial charge is 0.351 e. The van der Waals surface area contributed by atoms with Gasteiger partial charge in [-0.2, -0.15) is 0 Å². The summed E-state index contributed by atoms with van der Waals surface area (Å²) >= 11 is 7.48. The Morgan fingerprint density at radius 3 is 2.74 bits per heavy atom. The SMILES string of the molecule is Cl.NCC(NC(=O)CSc1ccccc1Cl)C1CC1. The van der Waals surface area contributed by atoms with E-state index in [1.807, 2.05) is 24.3 Å². The Morgan fingerprint density at radius 1 is 1.47 bits per heavy atom. The molecule has 3 N–H and O–H groups in total. The minimum atomic E-state index is 0. The number of amides is 1. The molecule has 1 saturated carbocycles. The van der Waals surface area contributed by atoms with Gasteiger partial charge in [0.1, 0.15) is 0 Å². The summed E-state index contributed by atoms with van der Waals surface area (Å²) in [6.07, 6.45) is 2.36. The topological polar surface area (TPSA) is 55.1 Å². The third-order valence-corrected chi connectivity index (χ3v) is 4.50. The molecule has 1 aromatic rings. The Kier molecular flexibility index (Phi) is 7.00. The molecular formula is C13H18Cl2N2OS. The zero-order chi connectivity index (χ0) is 13.0. The minimum Gasteiger partial charge on any atom is -0.351 e. The highest BCUT2D eigenvalue weighted by atomic mass is 35.5. The van der Waals surface area contributed by atoms with Crippen LogP contribution in [0, 0.1) is 5.92 Å². The number of halogens is 2. The van der Waals surface area contributed by atoms with Gasteiger partial charge in [0, 0.05) is 17.5 Å². The Morgan fingerprint density at radius 2 is 2.16 bits per heavy atom. The van der Waals surface area contributed by atoms with Crippen LogP contribution in [-0.2, 0) is 4.79 Å². The van der Waals surface area contributed by atoms with Crippen LogP contribution in [0.3, 0.4) is 0 Å². The van der Waals surface area contributed by atoms with Gasteiger partial charge < -0.3 is 11.1 Å². The molecule has 3 nitrogen and oxygen atoms in total. The first-order valence-corrected chi connectivity index (χ1v) is 7.44. The van der Waals surface area contributed by atoms with E-state index in [1.54, 1.807) is 0 Å². The number of benzene rings is 1. The third kappa shape index (κ3) is 5.22. The zero-order valence-corrected chi connectivity index (χ0v) is 12.9. The van der Waals surface area contributed by atoms with E-state index in [4.69, 9.17) is 17.3 Å². The van der Waals surface area contributed by atoms with Crippen molar-refractivity contribution in [2.75, 3.05) is 12.3 Å². The van der Waals surface area contributed by atoms with Crippen LogP contribution in [0.4, 0.5) is 0 Å². The fourth-order valence-corrected chi connectivity index (χ4v) is 2.87. The lowest BCUT2D eigenvalue weighted by atomic mass is 10.2. The highest BCUT2D eigenvalue weighted by molar-refractivity contribution is 8.00. The van der Waals surface area contributed by atoms with E-state index in [9.17, 15) is 4.79 Å². The lowest BCUT2D eigenvalue weighted by Gasteiger charge is -2.15. The van der Waals surface area contributed by atoms with E-state index in [0.717, 1.165) is 4.90 Å². The first kappa shape index (κ1) is 16.6. The van der Waals surface area contributed by atoms with Crippen LogP contribution < -0.4 is 11.1 Å². The maximum atomic E-state index is 11.8. The molecule has 1 aromatic carbocycles. The molecule has 1 atom stereocenters. The third-order valence-electron chi connectivity index (χ3n) is 2.99. The molecule has 0 bridgehead atoms. The molecule has 2 rings (SSSR count). The standard InChI is InChI=1S/C13H17ClN2OS.ClH/c14-10-3-1-2-4-12(10)18-8-13(17)16-11(7-15)9-5-6-9;/h1-4,9,11H,5-8,15H2,(H,16,17);1H. The summed E-state index contributed by atoms with van der Waals surface area (Å²) < 4.78 is 0. The number of hydrogen-bond acceptors (Lipinski definition) is 3. The summed E-state index contributed by atoms with van der Waals surface area (Å²) in [6, 6.07) is 7.68. The van der Waals surface area contributed by atoms with Crippen molar-refractivity contribution in [3.05, 3.63) is 29.3 Å². The van der Waals surface area contributed by atoms with Gasteiger partial charge >= 0.3 is 0 Å². The average Bonchev–Trinajstić information content (AvgIpc) is 3.19. The fraction of sp³-hybridized carbons (Fsp3) is 0.462. The summed E-state index contributed by atoms with van der Waals surface area (Å²) in [5, 5.41) is 3.68. The van der Waals surface area contributed by atoms with Crippen LogP contribution in [0.25, 0.3) is 0 Å². The monoisotopic (exact) mass is 320 g/mol. The summed E-state index contributed by atoms with van der Waals surface area (Å²) in [5.41, 5.74) is 5.65. The van der Waals surface area contributed by atoms with E-state index < -0.39 is 0 Å². The molecule has 106 valence electrons. The van der Waals surface area contributed by atoms with Gasteiger partial charge in [-0.1, -0.05) is 23.7 Å². The number of nitrogens with one attached hydrogen (secondary N) is 1. The van der Waals surface area contributed by atoms with Crippen LogP contribution in [0.1, 0.15) is 12.8 Å². The van der Waals surface area contributed by atoms with Crippen molar-refractivity contribution >= 4 is 41.7 Å². The lowest BCUT2D eigenvalue weighted by molar-refractivity contribution is -0.119. The molecule has 1 unspecified atom stereocenters. The first-order valence-electron chi connectivity index (χ1n) is 6.07. The van der Waals surface area contributed by atoms with E-state index in [1.165, 1.54) is 24.6 Å². The van der Waals surface area contributed by atoms with Crippen LogP contribution in [0.15, 0.2) is 29.2 Å². The van der Waals surface area contributed by atoms with Gasteiger partial charge in [-0.05, 0) is 30.9 Å². The predicted molar refractivity (Wildman–Crippen MR) is 83.1 cm³/mol. The van der Waals surface area contributed by atoms with Gasteiger partial charge in [-0.3, -0.25) is 4.79 Å². The van der Waals surface area contributed by atoms with Crippen molar-refractivity contribution < 1.29 is 4.79 Å². The number of nitrogens with two attached hydrogens (primary N) is 1. The Labute approximate surface area is 129 Å². The van der Waals surface area contributed by atoms with E-state index in [2.05, 4.69) is 5.32 Å². The normalized spacial score (nSPS) is 15.5. The molecule has 0 saturated heterocycles. The van der Waals surface area contributed by atoms with Gasteiger partial charge in [0.2, 0.25) is 5.91 Å². The highest BCUT2D eigenvalue weighted by Gasteiger charge is 2.31. The fourth-order valence-electron chi connectivity index (χ4n) is 1.82. The molecule has 0 aliphatic heterocycles. The van der Waals surface area contributed by atoms with Crippen molar-refractivity contribution in [2.24, 2.45) is 11.7 Å². The number of carbonyl (C=O) groups is 1. The molecule has 6 heteroatoms. The van der Waals surface area contributed by atoms with Crippen molar-refractivity contribution in [1.82, 2.24) is 5.32 Å². The van der Waals surface area contributed by atoms with Crippen molar-refractivity contribution in [3.63, 3.8) is 0 Å². The molecule has 0 aromatic heterocycles. The summed E-state index contributed by atoms with van der Waals surface area (Å²) in [6.45, 7) is 0.521. The number of thioether (sulfide) groups is 1. The molecule has 1 amide bonds. The van der Waals surface area contributed by atoms with Gasteiger partial charge in [0.25, 0.3) is 0 Å². The first-order chi connectivity index (χ1) is 8.70.